The highest BCUT2D eigenvalue weighted by molar-refractivity contribution is 7.16. The normalized spacial score (nSPS) is 14.3. The van der Waals surface area contributed by atoms with Crippen LogP contribution >= 0.6 is 22.9 Å². The number of likely N-dealkylation sites (N-methyl/N-ethyl adjacent to an activating group) is 1. The van der Waals surface area contributed by atoms with Gasteiger partial charge in [0.1, 0.15) is 0 Å². The Kier molecular flexibility index (Phi) is 5.82. The summed E-state index contributed by atoms with van der Waals surface area (Å²) in [6.07, 6.45) is 1.99. The molecule has 1 aromatic carbocycles. The molecule has 4 heteroatoms. The van der Waals surface area contributed by atoms with Crippen LogP contribution in [0.15, 0.2) is 42.5 Å². The van der Waals surface area contributed by atoms with E-state index in [9.17, 15) is 0 Å². The van der Waals surface area contributed by atoms with Crippen molar-refractivity contribution in [2.75, 3.05) is 13.6 Å². The number of hydrogen-bond donors (Lipinski definition) is 1. The number of hydrogen-bond acceptors (Lipinski definition) is 3. The average molecular weight is 323 g/mol. The second-order valence-electron chi connectivity index (χ2n) is 5.51. The Morgan fingerprint density at radius 1 is 1.19 bits per heavy atom. The lowest BCUT2D eigenvalue weighted by molar-refractivity contribution is 0.113. The lowest BCUT2D eigenvalue weighted by Gasteiger charge is -2.41. The summed E-state index contributed by atoms with van der Waals surface area (Å²) in [5.41, 5.74) is 7.48. The van der Waals surface area contributed by atoms with Crippen LogP contribution in [0.2, 0.25) is 4.34 Å². The first-order chi connectivity index (χ1) is 10.1. The van der Waals surface area contributed by atoms with Crippen LogP contribution in [0.4, 0.5) is 0 Å². The summed E-state index contributed by atoms with van der Waals surface area (Å²) in [5.74, 6) is 0. The van der Waals surface area contributed by atoms with Gasteiger partial charge in [-0.15, -0.1) is 11.3 Å². The predicted molar refractivity (Wildman–Crippen MR) is 93.0 cm³/mol. The van der Waals surface area contributed by atoms with Crippen molar-refractivity contribution in [2.45, 2.75) is 31.8 Å². The molecule has 0 aliphatic carbocycles. The molecular formula is C17H23ClN2S. The Bertz CT molecular complexity index is 549. The minimum absolute atomic E-state index is 0.0161. The summed E-state index contributed by atoms with van der Waals surface area (Å²) in [4.78, 5) is 3.66. The third kappa shape index (κ3) is 4.07. The number of benzene rings is 1. The van der Waals surface area contributed by atoms with E-state index < -0.39 is 0 Å². The van der Waals surface area contributed by atoms with Crippen molar-refractivity contribution in [3.8, 4) is 0 Å². The van der Waals surface area contributed by atoms with Crippen molar-refractivity contribution in [1.82, 2.24) is 4.90 Å². The Morgan fingerprint density at radius 3 is 2.43 bits per heavy atom. The van der Waals surface area contributed by atoms with E-state index in [4.69, 9.17) is 17.3 Å². The van der Waals surface area contributed by atoms with E-state index in [-0.39, 0.29) is 5.54 Å². The summed E-state index contributed by atoms with van der Waals surface area (Å²) in [6, 6.07) is 14.6. The van der Waals surface area contributed by atoms with Gasteiger partial charge in [0.05, 0.1) is 4.34 Å². The van der Waals surface area contributed by atoms with Crippen molar-refractivity contribution in [3.05, 3.63) is 57.2 Å². The third-order valence-electron chi connectivity index (χ3n) is 4.25. The van der Waals surface area contributed by atoms with Crippen LogP contribution in [0.25, 0.3) is 0 Å². The Morgan fingerprint density at radius 2 is 1.90 bits per heavy atom. The molecular weight excluding hydrogens is 300 g/mol. The highest BCUT2D eigenvalue weighted by Crippen LogP contribution is 2.28. The Labute approximate surface area is 136 Å². The molecule has 0 spiro atoms. The van der Waals surface area contributed by atoms with Crippen LogP contribution < -0.4 is 5.73 Å². The molecule has 2 N–H and O–H groups in total. The van der Waals surface area contributed by atoms with Gasteiger partial charge in [-0.3, -0.25) is 4.90 Å². The largest absolute Gasteiger partial charge is 0.329 e. The zero-order valence-corrected chi connectivity index (χ0v) is 14.3. The Hall–Kier alpha value is -0.870. The van der Waals surface area contributed by atoms with E-state index in [1.807, 2.05) is 6.07 Å². The SMILES string of the molecule is CCC(CN)(Cc1ccccc1)N(C)Cc1ccc(Cl)s1. The molecule has 21 heavy (non-hydrogen) atoms. The number of thiophene rings is 1. The molecule has 0 aliphatic heterocycles. The summed E-state index contributed by atoms with van der Waals surface area (Å²) >= 11 is 7.67. The van der Waals surface area contributed by atoms with Gasteiger partial charge in [0.25, 0.3) is 0 Å². The van der Waals surface area contributed by atoms with Crippen LogP contribution in [0.3, 0.4) is 0 Å². The fourth-order valence-electron chi connectivity index (χ4n) is 2.72. The van der Waals surface area contributed by atoms with Gasteiger partial charge < -0.3 is 5.73 Å². The molecule has 114 valence electrons. The van der Waals surface area contributed by atoms with Gasteiger partial charge in [-0.2, -0.15) is 0 Å². The molecule has 0 saturated heterocycles. The lowest BCUT2D eigenvalue weighted by Crippen LogP contribution is -2.52. The minimum atomic E-state index is -0.0161. The molecule has 0 aliphatic rings. The van der Waals surface area contributed by atoms with Crippen LogP contribution in [0.1, 0.15) is 23.8 Å². The molecule has 2 nitrogen and oxygen atoms in total. The summed E-state index contributed by atoms with van der Waals surface area (Å²) < 4.78 is 0.844. The van der Waals surface area contributed by atoms with Crippen LogP contribution in [-0.4, -0.2) is 24.0 Å². The zero-order valence-electron chi connectivity index (χ0n) is 12.7. The fraction of sp³-hybridized carbons (Fsp3) is 0.412. The van der Waals surface area contributed by atoms with Crippen molar-refractivity contribution in [2.24, 2.45) is 5.73 Å². The molecule has 2 aromatic rings. The van der Waals surface area contributed by atoms with Crippen molar-refractivity contribution in [1.29, 1.82) is 0 Å². The molecule has 1 atom stereocenters. The number of nitrogens with zero attached hydrogens (tertiary/aromatic N) is 1. The van der Waals surface area contributed by atoms with E-state index in [0.717, 1.165) is 23.7 Å². The smallest absolute Gasteiger partial charge is 0.0931 e. The standard InChI is InChI=1S/C17H23ClN2S/c1-3-17(13-19,11-14-7-5-4-6-8-14)20(2)12-15-9-10-16(18)21-15/h4-10H,3,11-13,19H2,1-2H3. The maximum atomic E-state index is 6.16. The quantitative estimate of drug-likeness (QED) is 0.828. The van der Waals surface area contributed by atoms with E-state index in [2.05, 4.69) is 55.3 Å². The molecule has 0 saturated carbocycles. The predicted octanol–water partition coefficient (Wildman–Crippen LogP) is 4.18. The second kappa shape index (κ2) is 7.41. The third-order valence-corrected chi connectivity index (χ3v) is 5.46. The van der Waals surface area contributed by atoms with Gasteiger partial charge in [-0.05, 0) is 37.6 Å². The Balaban J connectivity index is 2.16. The number of nitrogens with two attached hydrogens (primary N) is 1. The molecule has 1 aromatic heterocycles. The number of rotatable bonds is 7. The minimum Gasteiger partial charge on any atom is -0.329 e. The monoisotopic (exact) mass is 322 g/mol. The first kappa shape index (κ1) is 16.5. The van der Waals surface area contributed by atoms with Crippen molar-refractivity contribution < 1.29 is 0 Å². The van der Waals surface area contributed by atoms with Crippen molar-refractivity contribution in [3.63, 3.8) is 0 Å². The highest BCUT2D eigenvalue weighted by atomic mass is 35.5. The van der Waals surface area contributed by atoms with Gasteiger partial charge in [-0.25, -0.2) is 0 Å². The van der Waals surface area contributed by atoms with Crippen LogP contribution in [-0.2, 0) is 13.0 Å². The topological polar surface area (TPSA) is 29.3 Å². The maximum Gasteiger partial charge on any atom is 0.0931 e. The van der Waals surface area contributed by atoms with Crippen LogP contribution in [0, 0.1) is 0 Å². The second-order valence-corrected chi connectivity index (χ2v) is 7.31. The molecule has 0 radical (unpaired) electrons. The van der Waals surface area contributed by atoms with Gasteiger partial charge in [0.2, 0.25) is 0 Å². The first-order valence-electron chi connectivity index (χ1n) is 7.29. The molecule has 2 rings (SSSR count). The van der Waals surface area contributed by atoms with Gasteiger partial charge in [-0.1, -0.05) is 48.9 Å². The van der Waals surface area contributed by atoms with Gasteiger partial charge >= 0.3 is 0 Å². The first-order valence-corrected chi connectivity index (χ1v) is 8.48. The van der Waals surface area contributed by atoms with Gasteiger partial charge in [0, 0.05) is 23.5 Å². The molecule has 1 unspecified atom stereocenters. The van der Waals surface area contributed by atoms with E-state index >= 15 is 0 Å². The van der Waals surface area contributed by atoms with Crippen molar-refractivity contribution >= 4 is 22.9 Å². The fourth-order valence-corrected chi connectivity index (χ4v) is 3.86. The molecule has 1 heterocycles. The molecule has 0 bridgehead atoms. The van der Waals surface area contributed by atoms with E-state index in [1.165, 1.54) is 10.4 Å². The van der Waals surface area contributed by atoms with Crippen LogP contribution in [0.5, 0.6) is 0 Å². The highest BCUT2D eigenvalue weighted by Gasteiger charge is 2.31. The van der Waals surface area contributed by atoms with Gasteiger partial charge in [0.15, 0.2) is 0 Å². The molecule has 0 amide bonds. The lowest BCUT2D eigenvalue weighted by atomic mass is 9.86. The van der Waals surface area contributed by atoms with E-state index in [1.54, 1.807) is 11.3 Å². The van der Waals surface area contributed by atoms with E-state index in [0.29, 0.717) is 6.54 Å². The molecule has 0 fully saturated rings. The summed E-state index contributed by atoms with van der Waals surface area (Å²) in [7, 11) is 2.16. The summed E-state index contributed by atoms with van der Waals surface area (Å²) in [5, 5.41) is 0. The number of halogens is 1. The summed E-state index contributed by atoms with van der Waals surface area (Å²) in [6.45, 7) is 3.75. The maximum absolute atomic E-state index is 6.16. The zero-order chi connectivity index (χ0) is 15.3. The average Bonchev–Trinajstić information content (AvgIpc) is 2.91.